The molecule has 170 valence electrons. The third-order valence-corrected chi connectivity index (χ3v) is 7.12. The number of halogens is 4. The fourth-order valence-electron chi connectivity index (χ4n) is 5.82. The highest BCUT2D eigenvalue weighted by molar-refractivity contribution is 6.23. The van der Waals surface area contributed by atoms with E-state index in [0.29, 0.717) is 23.3 Å². The van der Waals surface area contributed by atoms with Crippen molar-refractivity contribution in [3.05, 3.63) is 65.0 Å². The van der Waals surface area contributed by atoms with E-state index < -0.39 is 63.7 Å². The Kier molecular flexibility index (Phi) is 4.50. The SMILES string of the molecule is CC12CCC(Cc3ccc(F)cc3)(O1)C1C(=O)N(c3cccc(C#N)c3C(F)(F)F)C(=O)C12. The van der Waals surface area contributed by atoms with Gasteiger partial charge in [0.05, 0.1) is 45.9 Å². The zero-order valence-electron chi connectivity index (χ0n) is 17.4. The van der Waals surface area contributed by atoms with Gasteiger partial charge in [-0.3, -0.25) is 9.59 Å². The van der Waals surface area contributed by atoms with Crippen LogP contribution in [0, 0.1) is 29.0 Å². The fraction of sp³-hybridized carbons (Fsp3) is 0.375. The summed E-state index contributed by atoms with van der Waals surface area (Å²) in [5.74, 6) is -3.86. The molecular formula is C24H18F4N2O3. The molecule has 0 radical (unpaired) electrons. The maximum Gasteiger partial charge on any atom is 0.419 e. The van der Waals surface area contributed by atoms with Crippen molar-refractivity contribution in [1.29, 1.82) is 5.26 Å². The third-order valence-electron chi connectivity index (χ3n) is 7.12. The van der Waals surface area contributed by atoms with Crippen molar-refractivity contribution < 1.29 is 31.9 Å². The van der Waals surface area contributed by atoms with Crippen LogP contribution in [-0.2, 0) is 26.9 Å². The number of ether oxygens (including phenoxy) is 1. The van der Waals surface area contributed by atoms with Gasteiger partial charge >= 0.3 is 6.18 Å². The molecule has 0 aromatic heterocycles. The molecule has 4 unspecified atom stereocenters. The molecule has 0 aliphatic carbocycles. The summed E-state index contributed by atoms with van der Waals surface area (Å²) in [6.45, 7) is 1.70. The molecule has 2 amide bonds. The van der Waals surface area contributed by atoms with Gasteiger partial charge in [0.15, 0.2) is 0 Å². The average Bonchev–Trinajstić information content (AvgIpc) is 3.33. The summed E-state index contributed by atoms with van der Waals surface area (Å²) >= 11 is 0. The van der Waals surface area contributed by atoms with Crippen LogP contribution in [0.2, 0.25) is 0 Å². The van der Waals surface area contributed by atoms with Gasteiger partial charge in [-0.25, -0.2) is 9.29 Å². The minimum atomic E-state index is -4.94. The number of imide groups is 1. The van der Waals surface area contributed by atoms with Gasteiger partial charge in [0.2, 0.25) is 11.8 Å². The van der Waals surface area contributed by atoms with Crippen LogP contribution in [0.25, 0.3) is 0 Å². The fourth-order valence-corrected chi connectivity index (χ4v) is 5.82. The highest BCUT2D eigenvalue weighted by Gasteiger charge is 2.74. The summed E-state index contributed by atoms with van der Waals surface area (Å²) in [5.41, 5.74) is -3.99. The highest BCUT2D eigenvalue weighted by atomic mass is 19.4. The molecule has 3 heterocycles. The molecule has 2 aromatic rings. The molecule has 0 saturated carbocycles. The van der Waals surface area contributed by atoms with Crippen LogP contribution in [0.4, 0.5) is 23.2 Å². The van der Waals surface area contributed by atoms with E-state index in [4.69, 9.17) is 4.74 Å². The number of fused-ring (bicyclic) bond motifs is 5. The smallest absolute Gasteiger partial charge is 0.367 e. The summed E-state index contributed by atoms with van der Waals surface area (Å²) in [5, 5.41) is 9.22. The number of benzene rings is 2. The Morgan fingerprint density at radius 1 is 1.09 bits per heavy atom. The predicted octanol–water partition coefficient (Wildman–Crippen LogP) is 4.39. The molecule has 3 aliphatic rings. The Bertz CT molecular complexity index is 1220. The van der Waals surface area contributed by atoms with E-state index in [-0.39, 0.29) is 6.42 Å². The normalized spacial score (nSPS) is 30.6. The lowest BCUT2D eigenvalue weighted by atomic mass is 9.66. The Morgan fingerprint density at radius 2 is 1.76 bits per heavy atom. The average molecular weight is 458 g/mol. The van der Waals surface area contributed by atoms with Crippen molar-refractivity contribution in [3.63, 3.8) is 0 Å². The molecule has 3 saturated heterocycles. The van der Waals surface area contributed by atoms with Gasteiger partial charge in [-0.05, 0) is 49.6 Å². The van der Waals surface area contributed by atoms with Gasteiger partial charge < -0.3 is 4.74 Å². The number of carbonyl (C=O) groups is 2. The maximum absolute atomic E-state index is 13.9. The van der Waals surface area contributed by atoms with E-state index in [2.05, 4.69) is 0 Å². The molecule has 3 fully saturated rings. The number of nitriles is 1. The Labute approximate surface area is 186 Å². The van der Waals surface area contributed by atoms with E-state index >= 15 is 0 Å². The number of hydrogen-bond acceptors (Lipinski definition) is 4. The van der Waals surface area contributed by atoms with Crippen molar-refractivity contribution in [1.82, 2.24) is 0 Å². The first-order chi connectivity index (χ1) is 15.5. The van der Waals surface area contributed by atoms with Crippen molar-refractivity contribution in [2.24, 2.45) is 11.8 Å². The van der Waals surface area contributed by atoms with Gasteiger partial charge in [0.1, 0.15) is 5.82 Å². The van der Waals surface area contributed by atoms with Gasteiger partial charge in [0.25, 0.3) is 0 Å². The van der Waals surface area contributed by atoms with Gasteiger partial charge in [-0.2, -0.15) is 18.4 Å². The lowest BCUT2D eigenvalue weighted by Gasteiger charge is -2.31. The summed E-state index contributed by atoms with van der Waals surface area (Å²) in [4.78, 5) is 27.6. The number of rotatable bonds is 3. The minimum Gasteiger partial charge on any atom is -0.367 e. The Balaban J connectivity index is 1.60. The molecule has 4 atom stereocenters. The van der Waals surface area contributed by atoms with Crippen molar-refractivity contribution in [2.75, 3.05) is 4.90 Å². The van der Waals surface area contributed by atoms with Crippen LogP contribution in [-0.4, -0.2) is 23.0 Å². The molecule has 2 aromatic carbocycles. The number of carbonyl (C=O) groups excluding carboxylic acids is 2. The van der Waals surface area contributed by atoms with Crippen LogP contribution in [0.15, 0.2) is 42.5 Å². The summed E-state index contributed by atoms with van der Waals surface area (Å²) in [6, 6.07) is 10.5. The molecule has 3 aliphatic heterocycles. The van der Waals surface area contributed by atoms with E-state index in [1.807, 2.05) is 0 Å². The van der Waals surface area contributed by atoms with E-state index in [1.54, 1.807) is 19.1 Å². The number of alkyl halides is 3. The summed E-state index contributed by atoms with van der Waals surface area (Å²) in [6.07, 6.45) is -3.81. The number of amides is 2. The Hall–Kier alpha value is -3.25. The number of hydrogen-bond donors (Lipinski definition) is 0. The predicted molar refractivity (Wildman–Crippen MR) is 107 cm³/mol. The molecule has 5 nitrogen and oxygen atoms in total. The largest absolute Gasteiger partial charge is 0.419 e. The molecule has 33 heavy (non-hydrogen) atoms. The van der Waals surface area contributed by atoms with Crippen LogP contribution in [0.5, 0.6) is 0 Å². The zero-order valence-corrected chi connectivity index (χ0v) is 17.4. The second kappa shape index (κ2) is 6.87. The Morgan fingerprint density at radius 3 is 2.39 bits per heavy atom. The topological polar surface area (TPSA) is 70.4 Å². The molecule has 0 N–H and O–H groups in total. The maximum atomic E-state index is 13.9. The summed E-state index contributed by atoms with van der Waals surface area (Å²) < 4.78 is 61.3. The molecule has 2 bridgehead atoms. The van der Waals surface area contributed by atoms with E-state index in [9.17, 15) is 32.4 Å². The van der Waals surface area contributed by atoms with Gasteiger partial charge in [-0.15, -0.1) is 0 Å². The van der Waals surface area contributed by atoms with Crippen LogP contribution in [0.1, 0.15) is 36.5 Å². The molecular weight excluding hydrogens is 440 g/mol. The monoisotopic (exact) mass is 458 g/mol. The van der Waals surface area contributed by atoms with Crippen molar-refractivity contribution in [3.8, 4) is 6.07 Å². The third kappa shape index (κ3) is 3.00. The highest BCUT2D eigenvalue weighted by Crippen LogP contribution is 2.62. The second-order valence-electron chi connectivity index (χ2n) is 9.06. The first-order valence-corrected chi connectivity index (χ1v) is 10.4. The first kappa shape index (κ1) is 21.6. The number of anilines is 1. The second-order valence-corrected chi connectivity index (χ2v) is 9.06. The van der Waals surface area contributed by atoms with E-state index in [1.165, 1.54) is 24.3 Å². The van der Waals surface area contributed by atoms with Crippen LogP contribution in [0.3, 0.4) is 0 Å². The van der Waals surface area contributed by atoms with Gasteiger partial charge in [-0.1, -0.05) is 18.2 Å². The standard InChI is InChI=1S/C24H18F4N2O3/c1-22-9-10-23(33-22,11-13-5-7-15(25)8-6-13)19-18(22)20(31)30(21(19)32)16-4-2-3-14(12-29)17(16)24(26,27)28/h2-8,18-19H,9-11H2,1H3. The molecule has 5 rings (SSSR count). The van der Waals surface area contributed by atoms with Crippen LogP contribution >= 0.6 is 0 Å². The quantitative estimate of drug-likeness (QED) is 0.506. The lowest BCUT2D eigenvalue weighted by Crippen LogP contribution is -2.43. The number of nitrogens with zero attached hydrogens (tertiary/aromatic N) is 2. The van der Waals surface area contributed by atoms with E-state index in [0.717, 1.165) is 12.1 Å². The zero-order chi connectivity index (χ0) is 23.8. The molecule has 9 heteroatoms. The summed E-state index contributed by atoms with van der Waals surface area (Å²) in [7, 11) is 0. The molecule has 0 spiro atoms. The van der Waals surface area contributed by atoms with Crippen LogP contribution < -0.4 is 4.90 Å². The minimum absolute atomic E-state index is 0.223. The lowest BCUT2D eigenvalue weighted by molar-refractivity contribution is -0.137. The van der Waals surface area contributed by atoms with Gasteiger partial charge in [0, 0.05) is 6.42 Å². The van der Waals surface area contributed by atoms with Crippen molar-refractivity contribution >= 4 is 17.5 Å². The van der Waals surface area contributed by atoms with Crippen molar-refractivity contribution in [2.45, 2.75) is 43.6 Å². The first-order valence-electron chi connectivity index (χ1n) is 10.4.